The fraction of sp³-hybridized carbons (Fsp3) is 0.350. The standard InChI is InChI=1S/C20H26N2O3S/c1-16-11-13-17(14-12-16)8-7-15-21-20(23)19(22(2)26(3,24)25)18-9-5-4-6-10-18/h4-6,9-14,19H,7-8,15H2,1-3H3,(H,21,23). The topological polar surface area (TPSA) is 66.5 Å². The summed E-state index contributed by atoms with van der Waals surface area (Å²) in [7, 11) is -2.07. The van der Waals surface area contributed by atoms with E-state index in [2.05, 4.69) is 29.6 Å². The predicted molar refractivity (Wildman–Crippen MR) is 104 cm³/mol. The van der Waals surface area contributed by atoms with E-state index in [1.165, 1.54) is 18.2 Å². The van der Waals surface area contributed by atoms with Crippen molar-refractivity contribution in [1.82, 2.24) is 9.62 Å². The summed E-state index contributed by atoms with van der Waals surface area (Å²) in [5.74, 6) is -0.312. The zero-order chi connectivity index (χ0) is 19.2. The molecule has 0 aliphatic carbocycles. The summed E-state index contributed by atoms with van der Waals surface area (Å²) < 4.78 is 25.0. The molecule has 0 aromatic heterocycles. The number of sulfonamides is 1. The van der Waals surface area contributed by atoms with Crippen molar-refractivity contribution >= 4 is 15.9 Å². The molecule has 1 N–H and O–H groups in total. The van der Waals surface area contributed by atoms with Crippen molar-refractivity contribution < 1.29 is 13.2 Å². The minimum Gasteiger partial charge on any atom is -0.354 e. The molecule has 0 saturated carbocycles. The van der Waals surface area contributed by atoms with E-state index >= 15 is 0 Å². The van der Waals surface area contributed by atoms with Gasteiger partial charge in [-0.1, -0.05) is 60.2 Å². The minimum atomic E-state index is -3.50. The number of carbonyl (C=O) groups excluding carboxylic acids is 1. The lowest BCUT2D eigenvalue weighted by Gasteiger charge is -2.25. The second-order valence-corrected chi connectivity index (χ2v) is 8.51. The number of nitrogens with zero attached hydrogens (tertiary/aromatic N) is 1. The maximum absolute atomic E-state index is 12.7. The first kappa shape index (κ1) is 20.1. The van der Waals surface area contributed by atoms with Crippen molar-refractivity contribution in [3.05, 3.63) is 71.3 Å². The molecule has 0 spiro atoms. The van der Waals surface area contributed by atoms with Gasteiger partial charge in [-0.25, -0.2) is 8.42 Å². The van der Waals surface area contributed by atoms with Gasteiger partial charge in [-0.05, 0) is 30.9 Å². The van der Waals surface area contributed by atoms with Crippen LogP contribution in [-0.2, 0) is 21.2 Å². The Labute approximate surface area is 156 Å². The van der Waals surface area contributed by atoms with Crippen molar-refractivity contribution in [3.8, 4) is 0 Å². The minimum absolute atomic E-state index is 0.312. The molecule has 0 bridgehead atoms. The highest BCUT2D eigenvalue weighted by atomic mass is 32.2. The normalized spacial score (nSPS) is 12.8. The van der Waals surface area contributed by atoms with Crippen LogP contribution in [0.3, 0.4) is 0 Å². The number of rotatable bonds is 8. The number of likely N-dealkylation sites (N-methyl/N-ethyl adjacent to an activating group) is 1. The van der Waals surface area contributed by atoms with Crippen LogP contribution in [0.25, 0.3) is 0 Å². The van der Waals surface area contributed by atoms with E-state index in [1.54, 1.807) is 24.3 Å². The third-order valence-electron chi connectivity index (χ3n) is 4.31. The van der Waals surface area contributed by atoms with E-state index in [-0.39, 0.29) is 5.91 Å². The van der Waals surface area contributed by atoms with E-state index in [9.17, 15) is 13.2 Å². The lowest BCUT2D eigenvalue weighted by molar-refractivity contribution is -0.124. The number of hydrogen-bond donors (Lipinski definition) is 1. The molecule has 0 aliphatic rings. The number of nitrogens with one attached hydrogen (secondary N) is 1. The maximum Gasteiger partial charge on any atom is 0.242 e. The Morgan fingerprint density at radius 1 is 1.08 bits per heavy atom. The fourth-order valence-electron chi connectivity index (χ4n) is 2.71. The van der Waals surface area contributed by atoms with Gasteiger partial charge >= 0.3 is 0 Å². The Balaban J connectivity index is 1.99. The Kier molecular flexibility index (Phi) is 6.94. The molecule has 6 heteroatoms. The maximum atomic E-state index is 12.7. The highest BCUT2D eigenvalue weighted by molar-refractivity contribution is 7.88. The number of carbonyl (C=O) groups is 1. The Morgan fingerprint density at radius 3 is 2.27 bits per heavy atom. The van der Waals surface area contributed by atoms with Gasteiger partial charge in [-0.2, -0.15) is 4.31 Å². The third kappa shape index (κ3) is 5.68. The molecule has 1 amide bonds. The fourth-order valence-corrected chi connectivity index (χ4v) is 3.31. The SMILES string of the molecule is Cc1ccc(CCCNC(=O)C(c2ccccc2)N(C)S(C)(=O)=O)cc1. The van der Waals surface area contributed by atoms with E-state index in [1.807, 2.05) is 13.0 Å². The second-order valence-electron chi connectivity index (χ2n) is 6.47. The van der Waals surface area contributed by atoms with Gasteiger partial charge in [0.2, 0.25) is 15.9 Å². The Morgan fingerprint density at radius 2 is 1.69 bits per heavy atom. The number of benzene rings is 2. The van der Waals surface area contributed by atoms with Crippen molar-refractivity contribution in [3.63, 3.8) is 0 Å². The first-order valence-corrected chi connectivity index (χ1v) is 10.4. The average molecular weight is 375 g/mol. The van der Waals surface area contributed by atoms with Crippen molar-refractivity contribution in [2.24, 2.45) is 0 Å². The number of hydrogen-bond acceptors (Lipinski definition) is 3. The Hall–Kier alpha value is -2.18. The summed E-state index contributed by atoms with van der Waals surface area (Å²) in [6.07, 6.45) is 2.75. The first-order chi connectivity index (χ1) is 12.3. The van der Waals surface area contributed by atoms with Gasteiger partial charge in [-0.15, -0.1) is 0 Å². The van der Waals surface area contributed by atoms with Gasteiger partial charge < -0.3 is 5.32 Å². The molecule has 0 heterocycles. The van der Waals surface area contributed by atoms with Crippen LogP contribution in [0.5, 0.6) is 0 Å². The molecule has 2 aromatic carbocycles. The van der Waals surface area contributed by atoms with Gasteiger partial charge in [0, 0.05) is 13.6 Å². The van der Waals surface area contributed by atoms with Crippen LogP contribution in [0, 0.1) is 6.92 Å². The molecular weight excluding hydrogens is 348 g/mol. The van der Waals surface area contributed by atoms with E-state index in [0.717, 1.165) is 23.4 Å². The largest absolute Gasteiger partial charge is 0.354 e. The van der Waals surface area contributed by atoms with Crippen LogP contribution < -0.4 is 5.32 Å². The lowest BCUT2D eigenvalue weighted by atomic mass is 10.1. The predicted octanol–water partition coefficient (Wildman–Crippen LogP) is 2.68. The molecular formula is C20H26N2O3S. The molecule has 0 radical (unpaired) electrons. The highest BCUT2D eigenvalue weighted by Gasteiger charge is 2.30. The smallest absolute Gasteiger partial charge is 0.242 e. The van der Waals surface area contributed by atoms with Crippen LogP contribution in [-0.4, -0.2) is 38.5 Å². The molecule has 0 saturated heterocycles. The summed E-state index contributed by atoms with van der Waals surface area (Å²) in [4.78, 5) is 12.7. The van der Waals surface area contributed by atoms with E-state index in [0.29, 0.717) is 12.1 Å². The zero-order valence-electron chi connectivity index (χ0n) is 15.5. The van der Waals surface area contributed by atoms with Gasteiger partial charge in [0.25, 0.3) is 0 Å². The quantitative estimate of drug-likeness (QED) is 0.723. The van der Waals surface area contributed by atoms with Crippen LogP contribution in [0.1, 0.15) is 29.2 Å². The number of amides is 1. The first-order valence-electron chi connectivity index (χ1n) is 8.60. The molecule has 5 nitrogen and oxygen atoms in total. The van der Waals surface area contributed by atoms with Crippen molar-refractivity contribution in [2.45, 2.75) is 25.8 Å². The summed E-state index contributed by atoms with van der Waals surface area (Å²) in [5, 5.41) is 2.87. The summed E-state index contributed by atoms with van der Waals surface area (Å²) >= 11 is 0. The van der Waals surface area contributed by atoms with Crippen LogP contribution in [0.15, 0.2) is 54.6 Å². The lowest BCUT2D eigenvalue weighted by Crippen LogP contribution is -2.41. The van der Waals surface area contributed by atoms with Gasteiger partial charge in [0.15, 0.2) is 0 Å². The molecule has 0 fully saturated rings. The average Bonchev–Trinajstić information content (AvgIpc) is 2.60. The zero-order valence-corrected chi connectivity index (χ0v) is 16.3. The molecule has 26 heavy (non-hydrogen) atoms. The second kappa shape index (κ2) is 8.96. The van der Waals surface area contributed by atoms with Gasteiger partial charge in [0.05, 0.1) is 6.26 Å². The Bertz CT molecular complexity index is 818. The third-order valence-corrected chi connectivity index (χ3v) is 5.57. The van der Waals surface area contributed by atoms with Crippen molar-refractivity contribution in [2.75, 3.05) is 19.8 Å². The van der Waals surface area contributed by atoms with Crippen LogP contribution in [0.2, 0.25) is 0 Å². The van der Waals surface area contributed by atoms with Crippen LogP contribution >= 0.6 is 0 Å². The summed E-state index contributed by atoms with van der Waals surface area (Å²) in [5.41, 5.74) is 3.09. The molecule has 2 rings (SSSR count). The molecule has 1 unspecified atom stereocenters. The van der Waals surface area contributed by atoms with Crippen molar-refractivity contribution in [1.29, 1.82) is 0 Å². The summed E-state index contributed by atoms with van der Waals surface area (Å²) in [6.45, 7) is 2.54. The summed E-state index contributed by atoms with van der Waals surface area (Å²) in [6, 6.07) is 16.4. The van der Waals surface area contributed by atoms with E-state index in [4.69, 9.17) is 0 Å². The van der Waals surface area contributed by atoms with E-state index < -0.39 is 16.1 Å². The molecule has 2 aromatic rings. The molecule has 0 aliphatic heterocycles. The van der Waals surface area contributed by atoms with Crippen LogP contribution in [0.4, 0.5) is 0 Å². The molecule has 1 atom stereocenters. The van der Waals surface area contributed by atoms with Gasteiger partial charge in [-0.3, -0.25) is 4.79 Å². The number of aryl methyl sites for hydroxylation is 2. The highest BCUT2D eigenvalue weighted by Crippen LogP contribution is 2.21. The molecule has 140 valence electrons. The monoisotopic (exact) mass is 374 g/mol. The van der Waals surface area contributed by atoms with Gasteiger partial charge in [0.1, 0.15) is 6.04 Å².